The molecule has 1 aliphatic carbocycles. The number of nitrogens with zero attached hydrogens (tertiary/aromatic N) is 2. The van der Waals surface area contributed by atoms with Gasteiger partial charge in [0.15, 0.2) is 5.96 Å². The third-order valence-corrected chi connectivity index (χ3v) is 5.71. The molecule has 6 nitrogen and oxygen atoms in total. The van der Waals surface area contributed by atoms with Crippen LogP contribution in [0.25, 0.3) is 0 Å². The Hall–Kier alpha value is -1.56. The Morgan fingerprint density at radius 1 is 1.22 bits per heavy atom. The highest BCUT2D eigenvalue weighted by atomic mass is 127. The number of carbonyl (C=O) groups is 1. The van der Waals surface area contributed by atoms with Crippen LogP contribution in [-0.2, 0) is 22.3 Å². The molecule has 0 radical (unpaired) electrons. The molecule has 0 aliphatic heterocycles. The number of methoxy groups -OCH3 is 1. The largest absolute Gasteiger partial charge is 0.416 e. The monoisotopic (exact) mass is 570 g/mol. The van der Waals surface area contributed by atoms with Crippen molar-refractivity contribution in [1.82, 2.24) is 15.5 Å². The minimum absolute atomic E-state index is 0. The number of amides is 1. The van der Waals surface area contributed by atoms with E-state index in [0.29, 0.717) is 24.7 Å². The average Bonchev–Trinajstić information content (AvgIpc) is 3.20. The normalized spacial score (nSPS) is 15.8. The van der Waals surface area contributed by atoms with E-state index in [0.717, 1.165) is 44.2 Å². The van der Waals surface area contributed by atoms with E-state index >= 15 is 0 Å². The molecule has 0 bridgehead atoms. The summed E-state index contributed by atoms with van der Waals surface area (Å²) in [6.45, 7) is 1.46. The van der Waals surface area contributed by atoms with Crippen LogP contribution in [0.2, 0.25) is 0 Å². The molecule has 1 aromatic carbocycles. The number of likely N-dealkylation sites (N-methyl/N-ethyl adjacent to an activating group) is 1. The fraction of sp³-hybridized carbons (Fsp3) is 0.636. The molecule has 0 aromatic heterocycles. The van der Waals surface area contributed by atoms with Gasteiger partial charge in [-0.1, -0.05) is 25.0 Å². The number of hydrogen-bond donors (Lipinski definition) is 2. The molecule has 182 valence electrons. The van der Waals surface area contributed by atoms with Crippen LogP contribution in [0, 0.1) is 5.41 Å². The lowest BCUT2D eigenvalue weighted by Gasteiger charge is -2.30. The fourth-order valence-electron chi connectivity index (χ4n) is 3.74. The third kappa shape index (κ3) is 9.13. The van der Waals surface area contributed by atoms with Crippen LogP contribution in [-0.4, -0.2) is 57.7 Å². The zero-order valence-corrected chi connectivity index (χ0v) is 21.3. The maximum absolute atomic E-state index is 13.0. The quantitative estimate of drug-likeness (QED) is 0.267. The van der Waals surface area contributed by atoms with Crippen LogP contribution in [0.4, 0.5) is 13.2 Å². The van der Waals surface area contributed by atoms with Crippen molar-refractivity contribution in [3.8, 4) is 0 Å². The zero-order chi connectivity index (χ0) is 22.9. The molecule has 10 heteroatoms. The average molecular weight is 570 g/mol. The van der Waals surface area contributed by atoms with E-state index in [2.05, 4.69) is 15.6 Å². The summed E-state index contributed by atoms with van der Waals surface area (Å²) in [6, 6.07) is 5.13. The first-order valence-electron chi connectivity index (χ1n) is 10.5. The van der Waals surface area contributed by atoms with Gasteiger partial charge in [0.25, 0.3) is 0 Å². The first-order chi connectivity index (χ1) is 14.6. The number of guanidine groups is 1. The van der Waals surface area contributed by atoms with Crippen molar-refractivity contribution in [3.05, 3.63) is 35.4 Å². The molecule has 0 unspecified atom stereocenters. The molecule has 1 aromatic rings. The summed E-state index contributed by atoms with van der Waals surface area (Å²) in [6.07, 6.45) is 1.02. The SMILES string of the molecule is COCCC1(CNC(=NCc2cccc(C(F)(F)F)c2)NCC(=O)N(C)C)CCCC1.I. The molecule has 1 saturated carbocycles. The van der Waals surface area contributed by atoms with Crippen molar-refractivity contribution in [1.29, 1.82) is 0 Å². The molecule has 1 amide bonds. The van der Waals surface area contributed by atoms with Crippen LogP contribution < -0.4 is 10.6 Å². The summed E-state index contributed by atoms with van der Waals surface area (Å²) >= 11 is 0. The van der Waals surface area contributed by atoms with Gasteiger partial charge in [0, 0.05) is 34.4 Å². The molecule has 1 aliphatic rings. The van der Waals surface area contributed by atoms with Crippen molar-refractivity contribution in [2.24, 2.45) is 10.4 Å². The van der Waals surface area contributed by atoms with Crippen molar-refractivity contribution in [3.63, 3.8) is 0 Å². The van der Waals surface area contributed by atoms with Gasteiger partial charge < -0.3 is 20.3 Å². The van der Waals surface area contributed by atoms with Gasteiger partial charge in [0.05, 0.1) is 18.7 Å². The Morgan fingerprint density at radius 2 is 1.91 bits per heavy atom. The highest BCUT2D eigenvalue weighted by Gasteiger charge is 2.33. The van der Waals surface area contributed by atoms with E-state index in [1.54, 1.807) is 27.3 Å². The van der Waals surface area contributed by atoms with Crippen LogP contribution in [0.15, 0.2) is 29.3 Å². The first kappa shape index (κ1) is 28.5. The maximum Gasteiger partial charge on any atom is 0.416 e. The second-order valence-corrected chi connectivity index (χ2v) is 8.31. The summed E-state index contributed by atoms with van der Waals surface area (Å²) in [5, 5.41) is 6.32. The second kappa shape index (κ2) is 13.2. The number of halogens is 4. The standard InChI is InChI=1S/C22H33F3N4O2.HI/c1-29(2)19(30)15-27-20(28-16-21(11-12-31-3)9-4-5-10-21)26-14-17-7-6-8-18(13-17)22(23,24)25;/h6-8,13H,4-5,9-12,14-16H2,1-3H3,(H2,26,27,28);1H. The number of nitrogens with one attached hydrogen (secondary N) is 2. The number of benzene rings is 1. The van der Waals surface area contributed by atoms with E-state index in [-0.39, 0.29) is 48.4 Å². The molecule has 0 spiro atoms. The Morgan fingerprint density at radius 3 is 2.50 bits per heavy atom. The lowest BCUT2D eigenvalue weighted by Crippen LogP contribution is -2.46. The molecular formula is C22H34F3IN4O2. The Kier molecular flexibility index (Phi) is 11.8. The molecule has 2 N–H and O–H groups in total. The van der Waals surface area contributed by atoms with Gasteiger partial charge in [-0.3, -0.25) is 4.79 Å². The lowest BCUT2D eigenvalue weighted by atomic mass is 9.83. The summed E-state index contributed by atoms with van der Waals surface area (Å²) in [5.41, 5.74) is -0.153. The van der Waals surface area contributed by atoms with Gasteiger partial charge in [-0.2, -0.15) is 13.2 Å². The first-order valence-corrected chi connectivity index (χ1v) is 10.5. The highest BCUT2D eigenvalue weighted by Crippen LogP contribution is 2.40. The van der Waals surface area contributed by atoms with Crippen LogP contribution in [0.5, 0.6) is 0 Å². The lowest BCUT2D eigenvalue weighted by molar-refractivity contribution is -0.137. The molecule has 2 rings (SSSR count). The molecule has 1 fully saturated rings. The van der Waals surface area contributed by atoms with Crippen molar-refractivity contribution in [2.75, 3.05) is 40.9 Å². The highest BCUT2D eigenvalue weighted by molar-refractivity contribution is 14.0. The molecule has 0 atom stereocenters. The number of ether oxygens (including phenoxy) is 1. The Labute approximate surface area is 205 Å². The van der Waals surface area contributed by atoms with Gasteiger partial charge in [0.2, 0.25) is 5.91 Å². The van der Waals surface area contributed by atoms with Gasteiger partial charge >= 0.3 is 6.18 Å². The van der Waals surface area contributed by atoms with Crippen molar-refractivity contribution >= 4 is 35.8 Å². The van der Waals surface area contributed by atoms with E-state index in [4.69, 9.17) is 4.74 Å². The number of hydrogen-bond acceptors (Lipinski definition) is 3. The number of alkyl halides is 3. The zero-order valence-electron chi connectivity index (χ0n) is 18.9. The number of carbonyl (C=O) groups excluding carboxylic acids is 1. The number of aliphatic imine (C=N–C) groups is 1. The smallest absolute Gasteiger partial charge is 0.385 e. The van der Waals surface area contributed by atoms with Crippen molar-refractivity contribution in [2.45, 2.75) is 44.8 Å². The summed E-state index contributed by atoms with van der Waals surface area (Å²) in [5.74, 6) is 0.292. The molecule has 32 heavy (non-hydrogen) atoms. The van der Waals surface area contributed by atoms with Gasteiger partial charge in [0.1, 0.15) is 0 Å². The minimum Gasteiger partial charge on any atom is -0.385 e. The van der Waals surface area contributed by atoms with Crippen LogP contribution in [0.1, 0.15) is 43.2 Å². The maximum atomic E-state index is 13.0. The topological polar surface area (TPSA) is 66.0 Å². The molecular weight excluding hydrogens is 536 g/mol. The van der Waals surface area contributed by atoms with E-state index in [1.807, 2.05) is 0 Å². The third-order valence-electron chi connectivity index (χ3n) is 5.71. The van der Waals surface area contributed by atoms with Crippen molar-refractivity contribution < 1.29 is 22.7 Å². The van der Waals surface area contributed by atoms with Gasteiger partial charge in [-0.05, 0) is 42.4 Å². The van der Waals surface area contributed by atoms with Crippen LogP contribution in [0.3, 0.4) is 0 Å². The predicted octanol–water partition coefficient (Wildman–Crippen LogP) is 4.04. The predicted molar refractivity (Wildman–Crippen MR) is 130 cm³/mol. The Bertz CT molecular complexity index is 751. The minimum atomic E-state index is -4.40. The summed E-state index contributed by atoms with van der Waals surface area (Å²) in [7, 11) is 5.01. The fourth-order valence-corrected chi connectivity index (χ4v) is 3.74. The van der Waals surface area contributed by atoms with E-state index < -0.39 is 11.7 Å². The Balaban J connectivity index is 0.00000512. The summed E-state index contributed by atoms with van der Waals surface area (Å²) < 4.78 is 44.2. The van der Waals surface area contributed by atoms with Gasteiger partial charge in [-0.15, -0.1) is 24.0 Å². The van der Waals surface area contributed by atoms with E-state index in [9.17, 15) is 18.0 Å². The van der Waals surface area contributed by atoms with Crippen LogP contribution >= 0.6 is 24.0 Å². The number of rotatable bonds is 9. The van der Waals surface area contributed by atoms with Gasteiger partial charge in [-0.25, -0.2) is 4.99 Å². The molecule has 0 heterocycles. The van der Waals surface area contributed by atoms with E-state index in [1.165, 1.54) is 11.0 Å². The molecule has 0 saturated heterocycles. The summed E-state index contributed by atoms with van der Waals surface area (Å²) in [4.78, 5) is 17.9. The second-order valence-electron chi connectivity index (χ2n) is 8.31.